The second kappa shape index (κ2) is 6.46. The molecule has 0 fully saturated rings. The Bertz CT molecular complexity index is 305. The molecule has 0 aromatic heterocycles. The molecule has 0 aliphatic carbocycles. The van der Waals surface area contributed by atoms with Gasteiger partial charge in [-0.2, -0.15) is 13.2 Å². The number of halogens is 3. The standard InChI is InChI=1S/C10H17F3N2O3/c1-7(2)15(6-10(11,12)13)9(18)14(3)5-4-8(16)17/h7H,4-6H2,1-3H3,(H,16,17). The molecule has 106 valence electrons. The zero-order chi connectivity index (χ0) is 14.5. The highest BCUT2D eigenvalue weighted by molar-refractivity contribution is 5.75. The largest absolute Gasteiger partial charge is 0.481 e. The lowest BCUT2D eigenvalue weighted by atomic mass is 10.3. The molecule has 0 aliphatic heterocycles. The summed E-state index contributed by atoms with van der Waals surface area (Å²) in [4.78, 5) is 23.7. The van der Waals surface area contributed by atoms with Gasteiger partial charge in [-0.1, -0.05) is 0 Å². The quantitative estimate of drug-likeness (QED) is 0.828. The predicted molar refractivity (Wildman–Crippen MR) is 58.2 cm³/mol. The van der Waals surface area contributed by atoms with Crippen LogP contribution in [0.25, 0.3) is 0 Å². The van der Waals surface area contributed by atoms with Crippen LogP contribution in [-0.2, 0) is 4.79 Å². The van der Waals surface area contributed by atoms with E-state index in [0.29, 0.717) is 4.90 Å². The third-order valence-electron chi connectivity index (χ3n) is 2.21. The first-order valence-corrected chi connectivity index (χ1v) is 5.35. The van der Waals surface area contributed by atoms with Crippen molar-refractivity contribution in [3.05, 3.63) is 0 Å². The number of nitrogens with zero attached hydrogens (tertiary/aromatic N) is 2. The SMILES string of the molecule is CC(C)N(CC(F)(F)F)C(=O)N(C)CCC(=O)O. The van der Waals surface area contributed by atoms with Crippen LogP contribution in [0.15, 0.2) is 0 Å². The highest BCUT2D eigenvalue weighted by atomic mass is 19.4. The smallest absolute Gasteiger partial charge is 0.406 e. The van der Waals surface area contributed by atoms with E-state index in [1.807, 2.05) is 0 Å². The molecule has 0 atom stereocenters. The van der Waals surface area contributed by atoms with E-state index >= 15 is 0 Å². The summed E-state index contributed by atoms with van der Waals surface area (Å²) in [6.45, 7) is 1.46. The molecule has 0 saturated heterocycles. The average molecular weight is 270 g/mol. The number of carbonyl (C=O) groups excluding carboxylic acids is 1. The summed E-state index contributed by atoms with van der Waals surface area (Å²) in [5.74, 6) is -1.11. The predicted octanol–water partition coefficient (Wildman–Crippen LogP) is 1.79. The van der Waals surface area contributed by atoms with Crippen molar-refractivity contribution in [2.75, 3.05) is 20.1 Å². The molecule has 0 aliphatic rings. The lowest BCUT2D eigenvalue weighted by Crippen LogP contribution is -2.49. The normalized spacial score (nSPS) is 11.5. The Morgan fingerprint density at radius 1 is 1.28 bits per heavy atom. The second-order valence-corrected chi connectivity index (χ2v) is 4.18. The maximum atomic E-state index is 12.3. The summed E-state index contributed by atoms with van der Waals surface area (Å²) in [6, 6.07) is -1.45. The number of carboxylic acids is 1. The molecule has 0 aromatic carbocycles. The average Bonchev–Trinajstić information content (AvgIpc) is 2.19. The molecular formula is C10H17F3N2O3. The Kier molecular flexibility index (Phi) is 5.93. The minimum atomic E-state index is -4.48. The van der Waals surface area contributed by atoms with E-state index in [2.05, 4.69) is 0 Å². The van der Waals surface area contributed by atoms with Gasteiger partial charge in [0, 0.05) is 19.6 Å². The molecule has 1 N–H and O–H groups in total. The number of alkyl halides is 3. The van der Waals surface area contributed by atoms with Gasteiger partial charge in [0.25, 0.3) is 0 Å². The van der Waals surface area contributed by atoms with Gasteiger partial charge in [0.15, 0.2) is 0 Å². The van der Waals surface area contributed by atoms with Crippen LogP contribution in [-0.4, -0.2) is 59.3 Å². The maximum absolute atomic E-state index is 12.3. The van der Waals surface area contributed by atoms with Crippen LogP contribution in [0.4, 0.5) is 18.0 Å². The fourth-order valence-corrected chi connectivity index (χ4v) is 1.24. The molecule has 0 rings (SSSR count). The van der Waals surface area contributed by atoms with Crippen LogP contribution in [0.5, 0.6) is 0 Å². The highest BCUT2D eigenvalue weighted by Crippen LogP contribution is 2.19. The van der Waals surface area contributed by atoms with Gasteiger partial charge in [0.1, 0.15) is 6.54 Å². The van der Waals surface area contributed by atoms with Crippen molar-refractivity contribution in [2.45, 2.75) is 32.5 Å². The van der Waals surface area contributed by atoms with Crippen LogP contribution < -0.4 is 0 Å². The fourth-order valence-electron chi connectivity index (χ4n) is 1.24. The van der Waals surface area contributed by atoms with Crippen molar-refractivity contribution >= 4 is 12.0 Å². The monoisotopic (exact) mass is 270 g/mol. The molecule has 0 radical (unpaired) electrons. The first kappa shape index (κ1) is 16.5. The van der Waals surface area contributed by atoms with Crippen molar-refractivity contribution in [1.82, 2.24) is 9.80 Å². The first-order chi connectivity index (χ1) is 8.04. The Morgan fingerprint density at radius 2 is 1.78 bits per heavy atom. The molecular weight excluding hydrogens is 253 g/mol. The molecule has 0 unspecified atom stereocenters. The zero-order valence-corrected chi connectivity index (χ0v) is 10.5. The molecule has 0 saturated carbocycles. The summed E-state index contributed by atoms with van der Waals surface area (Å²) in [6.07, 6.45) is -4.78. The molecule has 18 heavy (non-hydrogen) atoms. The minimum absolute atomic E-state index is 0.130. The molecule has 5 nitrogen and oxygen atoms in total. The number of urea groups is 1. The number of aliphatic carboxylic acids is 1. The number of amides is 2. The van der Waals surface area contributed by atoms with Crippen LogP contribution in [0.3, 0.4) is 0 Å². The minimum Gasteiger partial charge on any atom is -0.481 e. The van der Waals surface area contributed by atoms with E-state index in [1.54, 1.807) is 0 Å². The molecule has 0 spiro atoms. The number of carboxylic acid groups (broad SMARTS) is 1. The first-order valence-electron chi connectivity index (χ1n) is 5.35. The van der Waals surface area contributed by atoms with Gasteiger partial charge in [0.2, 0.25) is 0 Å². The number of carbonyl (C=O) groups is 2. The van der Waals surface area contributed by atoms with Crippen molar-refractivity contribution in [1.29, 1.82) is 0 Å². The van der Waals surface area contributed by atoms with Crippen LogP contribution in [0, 0.1) is 0 Å². The van der Waals surface area contributed by atoms with Gasteiger partial charge in [0.05, 0.1) is 6.42 Å². The maximum Gasteiger partial charge on any atom is 0.406 e. The number of hydrogen-bond donors (Lipinski definition) is 1. The molecule has 0 bridgehead atoms. The third-order valence-corrected chi connectivity index (χ3v) is 2.21. The van der Waals surface area contributed by atoms with Gasteiger partial charge >= 0.3 is 18.2 Å². The molecule has 2 amide bonds. The van der Waals surface area contributed by atoms with Gasteiger partial charge in [-0.05, 0) is 13.8 Å². The van der Waals surface area contributed by atoms with Gasteiger partial charge < -0.3 is 14.9 Å². The second-order valence-electron chi connectivity index (χ2n) is 4.18. The third kappa shape index (κ3) is 6.31. The van der Waals surface area contributed by atoms with E-state index in [-0.39, 0.29) is 13.0 Å². The van der Waals surface area contributed by atoms with Gasteiger partial charge in [-0.25, -0.2) is 4.79 Å². The van der Waals surface area contributed by atoms with E-state index in [1.165, 1.54) is 20.9 Å². The summed E-state index contributed by atoms with van der Waals surface area (Å²) in [5, 5.41) is 8.45. The summed E-state index contributed by atoms with van der Waals surface area (Å²) in [7, 11) is 1.27. The van der Waals surface area contributed by atoms with Crippen molar-refractivity contribution in [3.63, 3.8) is 0 Å². The Hall–Kier alpha value is -1.47. The highest BCUT2D eigenvalue weighted by Gasteiger charge is 2.35. The fraction of sp³-hybridized carbons (Fsp3) is 0.800. The summed E-state index contributed by atoms with van der Waals surface area (Å²) in [5.41, 5.74) is 0. The molecule has 8 heteroatoms. The van der Waals surface area contributed by atoms with E-state index in [0.717, 1.165) is 4.90 Å². The lowest BCUT2D eigenvalue weighted by molar-refractivity contribution is -0.144. The Morgan fingerprint density at radius 3 is 2.11 bits per heavy atom. The van der Waals surface area contributed by atoms with Crippen LogP contribution in [0.1, 0.15) is 20.3 Å². The topological polar surface area (TPSA) is 60.9 Å². The van der Waals surface area contributed by atoms with E-state index < -0.39 is 30.8 Å². The van der Waals surface area contributed by atoms with Crippen LogP contribution >= 0.6 is 0 Å². The Labute approximate surface area is 103 Å². The number of hydrogen-bond acceptors (Lipinski definition) is 2. The van der Waals surface area contributed by atoms with E-state index in [9.17, 15) is 22.8 Å². The van der Waals surface area contributed by atoms with Gasteiger partial charge in [-0.3, -0.25) is 4.79 Å². The molecule has 0 heterocycles. The van der Waals surface area contributed by atoms with Crippen molar-refractivity contribution < 1.29 is 27.9 Å². The van der Waals surface area contributed by atoms with E-state index in [4.69, 9.17) is 5.11 Å². The number of rotatable bonds is 5. The summed E-state index contributed by atoms with van der Waals surface area (Å²) >= 11 is 0. The van der Waals surface area contributed by atoms with Gasteiger partial charge in [-0.15, -0.1) is 0 Å². The Balaban J connectivity index is 4.61. The van der Waals surface area contributed by atoms with Crippen molar-refractivity contribution in [3.8, 4) is 0 Å². The zero-order valence-electron chi connectivity index (χ0n) is 10.5. The molecule has 0 aromatic rings. The van der Waals surface area contributed by atoms with Crippen LogP contribution in [0.2, 0.25) is 0 Å². The lowest BCUT2D eigenvalue weighted by Gasteiger charge is -2.31. The van der Waals surface area contributed by atoms with Crippen molar-refractivity contribution in [2.24, 2.45) is 0 Å². The summed E-state index contributed by atoms with van der Waals surface area (Å²) < 4.78 is 36.9.